The van der Waals surface area contributed by atoms with Gasteiger partial charge >= 0.3 is 5.97 Å². The average Bonchev–Trinajstić information content (AvgIpc) is 2.33. The Kier molecular flexibility index (Phi) is 12.1. The molecule has 0 fully saturated rings. The fourth-order valence-electron chi connectivity index (χ4n) is 1.47. The van der Waals surface area contributed by atoms with E-state index in [4.69, 9.17) is 16.2 Å². The van der Waals surface area contributed by atoms with E-state index in [2.05, 4.69) is 0 Å². The molecule has 0 aliphatic carbocycles. The van der Waals surface area contributed by atoms with Gasteiger partial charge in [0.05, 0.1) is 12.0 Å². The molecule has 98 valence electrons. The van der Waals surface area contributed by atoms with Crippen molar-refractivity contribution in [3.8, 4) is 0 Å². The first-order chi connectivity index (χ1) is 7.58. The highest BCUT2D eigenvalue weighted by molar-refractivity contribution is 5.76. The zero-order chi connectivity index (χ0) is 13.0. The highest BCUT2D eigenvalue weighted by Crippen LogP contribution is 2.31. The molecule has 0 heterocycles. The van der Waals surface area contributed by atoms with Gasteiger partial charge < -0.3 is 16.2 Å². The predicted octanol–water partition coefficient (Wildman–Crippen LogP) is 1.67. The van der Waals surface area contributed by atoms with Crippen LogP contribution in [0.15, 0.2) is 0 Å². The van der Waals surface area contributed by atoms with Crippen LogP contribution in [0, 0.1) is 5.41 Å². The lowest BCUT2D eigenvalue weighted by molar-refractivity contribution is -0.156. The summed E-state index contributed by atoms with van der Waals surface area (Å²) in [7, 11) is 0. The number of ether oxygens (including phenoxy) is 1. The Balaban J connectivity index is 0. The summed E-state index contributed by atoms with van der Waals surface area (Å²) in [6.07, 6.45) is 2.62. The van der Waals surface area contributed by atoms with Crippen LogP contribution in [-0.2, 0) is 9.53 Å². The smallest absolute Gasteiger partial charge is 0.312 e. The second kappa shape index (κ2) is 10.9. The molecule has 0 aromatic heterocycles. The third kappa shape index (κ3) is 6.08. The molecule has 0 aromatic rings. The summed E-state index contributed by atoms with van der Waals surface area (Å²) in [6.45, 7) is 9.67. The van der Waals surface area contributed by atoms with Gasteiger partial charge in [-0.3, -0.25) is 4.79 Å². The van der Waals surface area contributed by atoms with Crippen molar-refractivity contribution in [3.63, 3.8) is 0 Å². The maximum Gasteiger partial charge on any atom is 0.312 e. The molecule has 4 heteroatoms. The minimum absolute atomic E-state index is 0.0301. The second-order valence-electron chi connectivity index (χ2n) is 3.64. The Morgan fingerprint density at radius 2 is 1.38 bits per heavy atom. The van der Waals surface area contributed by atoms with Gasteiger partial charge in [-0.1, -0.05) is 20.8 Å². The third-order valence-corrected chi connectivity index (χ3v) is 2.91. The summed E-state index contributed by atoms with van der Waals surface area (Å²) < 4.78 is 5.04. The van der Waals surface area contributed by atoms with Crippen LogP contribution in [0.5, 0.6) is 0 Å². The van der Waals surface area contributed by atoms with Crippen LogP contribution in [0.4, 0.5) is 0 Å². The highest BCUT2D eigenvalue weighted by atomic mass is 16.5. The molecular formula is C12H28N2O2. The molecule has 0 aliphatic heterocycles. The fourth-order valence-corrected chi connectivity index (χ4v) is 1.47. The van der Waals surface area contributed by atoms with E-state index in [9.17, 15) is 4.79 Å². The molecule has 16 heavy (non-hydrogen) atoms. The molecular weight excluding hydrogens is 204 g/mol. The monoisotopic (exact) mass is 232 g/mol. The summed E-state index contributed by atoms with van der Waals surface area (Å²) in [5.74, 6) is -0.0301. The summed E-state index contributed by atoms with van der Waals surface area (Å²) in [6, 6.07) is 0. The Morgan fingerprint density at radius 3 is 1.56 bits per heavy atom. The molecule has 0 rings (SSSR count). The van der Waals surface area contributed by atoms with Crippen molar-refractivity contribution in [1.82, 2.24) is 0 Å². The average molecular weight is 232 g/mol. The number of carbonyl (C=O) groups excluding carboxylic acids is 1. The van der Waals surface area contributed by atoms with Gasteiger partial charge in [-0.15, -0.1) is 0 Å². The van der Waals surface area contributed by atoms with E-state index in [1.807, 2.05) is 27.7 Å². The summed E-state index contributed by atoms with van der Waals surface area (Å²) in [5, 5.41) is 0. The normalized spacial score (nSPS) is 10.4. The molecule has 0 aromatic carbocycles. The lowest BCUT2D eigenvalue weighted by Crippen LogP contribution is -2.31. The van der Waals surface area contributed by atoms with Gasteiger partial charge in [0.25, 0.3) is 0 Å². The lowest BCUT2D eigenvalue weighted by atomic mass is 9.80. The van der Waals surface area contributed by atoms with E-state index < -0.39 is 0 Å². The maximum absolute atomic E-state index is 11.5. The van der Waals surface area contributed by atoms with Gasteiger partial charge in [-0.05, 0) is 26.2 Å². The van der Waals surface area contributed by atoms with Crippen LogP contribution < -0.4 is 11.5 Å². The summed E-state index contributed by atoms with van der Waals surface area (Å²) >= 11 is 0. The quantitative estimate of drug-likeness (QED) is 0.683. The van der Waals surface area contributed by atoms with Crippen LogP contribution in [0.1, 0.15) is 47.0 Å². The number of hydrogen-bond donors (Lipinski definition) is 2. The number of esters is 1. The molecule has 0 atom stereocenters. The second-order valence-corrected chi connectivity index (χ2v) is 3.64. The van der Waals surface area contributed by atoms with E-state index in [-0.39, 0.29) is 11.4 Å². The maximum atomic E-state index is 11.5. The molecule has 4 nitrogen and oxygen atoms in total. The topological polar surface area (TPSA) is 78.3 Å². The van der Waals surface area contributed by atoms with Crippen molar-refractivity contribution in [1.29, 1.82) is 0 Å². The first-order valence-electron chi connectivity index (χ1n) is 6.15. The Morgan fingerprint density at radius 1 is 1.00 bits per heavy atom. The van der Waals surface area contributed by atoms with Gasteiger partial charge in [0.15, 0.2) is 0 Å². The van der Waals surface area contributed by atoms with Gasteiger partial charge in [-0.2, -0.15) is 0 Å². The Bertz CT molecular complexity index is 158. The minimum atomic E-state index is -0.226. The van der Waals surface area contributed by atoms with E-state index in [1.54, 1.807) is 0 Å². The van der Waals surface area contributed by atoms with E-state index in [0.29, 0.717) is 19.7 Å². The van der Waals surface area contributed by atoms with Crippen LogP contribution in [0.2, 0.25) is 0 Å². The van der Waals surface area contributed by atoms with Gasteiger partial charge in [0.2, 0.25) is 0 Å². The summed E-state index contributed by atoms with van der Waals surface area (Å²) in [4.78, 5) is 11.5. The van der Waals surface area contributed by atoms with E-state index >= 15 is 0 Å². The number of hydrogen-bond acceptors (Lipinski definition) is 4. The van der Waals surface area contributed by atoms with Crippen molar-refractivity contribution >= 4 is 5.97 Å². The van der Waals surface area contributed by atoms with Crippen molar-refractivity contribution < 1.29 is 9.53 Å². The van der Waals surface area contributed by atoms with Gasteiger partial charge in [-0.25, -0.2) is 0 Å². The largest absolute Gasteiger partial charge is 0.466 e. The Labute approximate surface area is 99.7 Å². The molecule has 0 unspecified atom stereocenters. The van der Waals surface area contributed by atoms with E-state index in [0.717, 1.165) is 19.3 Å². The zero-order valence-corrected chi connectivity index (χ0v) is 11.2. The van der Waals surface area contributed by atoms with Crippen molar-refractivity contribution in [2.45, 2.75) is 47.0 Å². The SMILES string of the molecule is CCOC(=O)C(CC)(CC)CC.NCCN. The van der Waals surface area contributed by atoms with Crippen molar-refractivity contribution in [2.24, 2.45) is 16.9 Å². The first kappa shape index (κ1) is 17.8. The van der Waals surface area contributed by atoms with Crippen LogP contribution in [-0.4, -0.2) is 25.7 Å². The predicted molar refractivity (Wildman–Crippen MR) is 68.0 cm³/mol. The standard InChI is InChI=1S/C10H20O2.C2H8N2/c1-5-10(6-2,7-3)9(11)12-8-4;3-1-2-4/h5-8H2,1-4H3;1-4H2. The zero-order valence-electron chi connectivity index (χ0n) is 11.2. The van der Waals surface area contributed by atoms with E-state index in [1.165, 1.54) is 0 Å². The first-order valence-corrected chi connectivity index (χ1v) is 6.15. The van der Waals surface area contributed by atoms with Gasteiger partial charge in [0.1, 0.15) is 0 Å². The molecule has 0 aliphatic rings. The van der Waals surface area contributed by atoms with Crippen molar-refractivity contribution in [3.05, 3.63) is 0 Å². The molecule has 0 spiro atoms. The number of carbonyl (C=O) groups is 1. The molecule has 0 saturated carbocycles. The van der Waals surface area contributed by atoms with Gasteiger partial charge in [0, 0.05) is 13.1 Å². The fraction of sp³-hybridized carbons (Fsp3) is 0.917. The lowest BCUT2D eigenvalue weighted by Gasteiger charge is -2.27. The number of rotatable bonds is 6. The third-order valence-electron chi connectivity index (χ3n) is 2.91. The molecule has 4 N–H and O–H groups in total. The van der Waals surface area contributed by atoms with Crippen molar-refractivity contribution in [2.75, 3.05) is 19.7 Å². The van der Waals surface area contributed by atoms with Crippen LogP contribution in [0.3, 0.4) is 0 Å². The molecule has 0 radical (unpaired) electrons. The minimum Gasteiger partial charge on any atom is -0.466 e. The molecule has 0 bridgehead atoms. The molecule has 0 saturated heterocycles. The highest BCUT2D eigenvalue weighted by Gasteiger charge is 2.33. The molecule has 0 amide bonds. The summed E-state index contributed by atoms with van der Waals surface area (Å²) in [5.41, 5.74) is 9.58. The Hall–Kier alpha value is -0.610. The van der Waals surface area contributed by atoms with Crippen LogP contribution >= 0.6 is 0 Å². The number of nitrogens with two attached hydrogens (primary N) is 2. The van der Waals surface area contributed by atoms with Crippen LogP contribution in [0.25, 0.3) is 0 Å².